The Kier molecular flexibility index (Phi) is 5.94. The van der Waals surface area contributed by atoms with Crippen molar-refractivity contribution in [2.24, 2.45) is 22.2 Å². The SMILES string of the molecule is CC(=O)O[C@@H]1C2=C(C)[C@@H](O)C[C@@]3(O)CC4([C@@H]5CO[C@@H]5C[C@H](O)[C@@]4(C)[C@@H]1O)[C@@]23C.O=C(O)c1ccccc1. The van der Waals surface area contributed by atoms with Crippen LogP contribution in [-0.2, 0) is 14.3 Å². The Morgan fingerprint density at radius 2 is 1.76 bits per heavy atom. The Balaban J connectivity index is 0.000000265. The maximum atomic E-state index is 11.9. The van der Waals surface area contributed by atoms with Crippen molar-refractivity contribution in [1.82, 2.24) is 0 Å². The summed E-state index contributed by atoms with van der Waals surface area (Å²) in [5.41, 5.74) is -1.97. The van der Waals surface area contributed by atoms with Gasteiger partial charge in [0.1, 0.15) is 6.10 Å². The topological polar surface area (TPSA) is 154 Å². The number of fused-ring (bicyclic) bond motifs is 1. The van der Waals surface area contributed by atoms with Crippen molar-refractivity contribution in [2.45, 2.75) is 83.1 Å². The molecule has 5 N–H and O–H groups in total. The Morgan fingerprint density at radius 3 is 2.27 bits per heavy atom. The lowest BCUT2D eigenvalue weighted by atomic mass is 9.22. The molecule has 1 heterocycles. The number of ether oxygens (including phenoxy) is 2. The van der Waals surface area contributed by atoms with Gasteiger partial charge in [-0.2, -0.15) is 0 Å². The maximum Gasteiger partial charge on any atom is 0.335 e. The highest BCUT2D eigenvalue weighted by Gasteiger charge is 2.88. The average molecular weight is 517 g/mol. The number of carboxylic acids is 1. The van der Waals surface area contributed by atoms with E-state index in [2.05, 4.69) is 0 Å². The minimum absolute atomic E-state index is 0.0946. The van der Waals surface area contributed by atoms with E-state index in [9.17, 15) is 30.0 Å². The van der Waals surface area contributed by atoms with Crippen LogP contribution in [0.1, 0.15) is 57.3 Å². The van der Waals surface area contributed by atoms with Crippen LogP contribution in [0.3, 0.4) is 0 Å². The molecule has 6 rings (SSSR count). The number of carboxylic acid groups (broad SMARTS) is 1. The molecule has 0 radical (unpaired) electrons. The van der Waals surface area contributed by atoms with Crippen molar-refractivity contribution < 1.29 is 44.6 Å². The summed E-state index contributed by atoms with van der Waals surface area (Å²) in [5, 5.41) is 53.4. The van der Waals surface area contributed by atoms with Crippen LogP contribution in [0.5, 0.6) is 0 Å². The van der Waals surface area contributed by atoms with Gasteiger partial charge >= 0.3 is 11.9 Å². The van der Waals surface area contributed by atoms with Crippen molar-refractivity contribution in [3.63, 3.8) is 0 Å². The molecule has 5 aliphatic rings. The van der Waals surface area contributed by atoms with E-state index in [1.165, 1.54) is 6.92 Å². The van der Waals surface area contributed by atoms with Crippen LogP contribution in [0.15, 0.2) is 41.5 Å². The highest BCUT2D eigenvalue weighted by atomic mass is 16.6. The van der Waals surface area contributed by atoms with Gasteiger partial charge in [-0.3, -0.25) is 4.79 Å². The number of aromatic carboxylic acids is 1. The van der Waals surface area contributed by atoms with E-state index in [0.29, 0.717) is 36.2 Å². The number of aliphatic hydroxyl groups excluding tert-OH is 3. The summed E-state index contributed by atoms with van der Waals surface area (Å²) in [7, 11) is 0. The third-order valence-corrected chi connectivity index (χ3v) is 10.6. The van der Waals surface area contributed by atoms with E-state index < -0.39 is 58.2 Å². The quantitative estimate of drug-likeness (QED) is 0.292. The fraction of sp³-hybridized carbons (Fsp3) is 0.643. The predicted octanol–water partition coefficient (Wildman–Crippen LogP) is 1.67. The van der Waals surface area contributed by atoms with Crippen LogP contribution >= 0.6 is 0 Å². The molecule has 9 heteroatoms. The minimum atomic E-state index is -1.18. The number of carbonyl (C=O) groups excluding carboxylic acids is 1. The molecule has 1 aromatic carbocycles. The molecule has 9 nitrogen and oxygen atoms in total. The summed E-state index contributed by atoms with van der Waals surface area (Å²) in [4.78, 5) is 22.1. The lowest BCUT2D eigenvalue weighted by Gasteiger charge is -2.84. The average Bonchev–Trinajstić information content (AvgIpc) is 2.82. The molecule has 0 aromatic heterocycles. The van der Waals surface area contributed by atoms with E-state index >= 15 is 0 Å². The number of carbonyl (C=O) groups is 2. The highest BCUT2D eigenvalue weighted by Crippen LogP contribution is 2.84. The Bertz CT molecular complexity index is 1150. The molecular formula is C28H36O9. The van der Waals surface area contributed by atoms with Gasteiger partial charge in [0.15, 0.2) is 6.10 Å². The van der Waals surface area contributed by atoms with E-state index in [1.807, 2.05) is 13.8 Å². The van der Waals surface area contributed by atoms with Crippen LogP contribution in [0, 0.1) is 22.2 Å². The standard InChI is InChI=1S/C21H30O7.C7H6O2/c1-9-12(23)6-20(26)8-21-11-7-27-13(11)5-14(24)18(21,3)17(25)16(28-10(2)22)15(9)19(20,21)4;8-7(9)6-4-2-1-3-5-6/h11-14,16-17,23-26H,5-8H2,1-4H3;1-5H,(H,8,9)/t11-,12+,13-,14+,16-,17-,18+,19+,20-,21?;/m1./s1. The molecule has 1 spiro atoms. The number of aliphatic hydroxyl groups is 4. The molecule has 1 aliphatic heterocycles. The highest BCUT2D eigenvalue weighted by molar-refractivity contribution is 5.87. The van der Waals surface area contributed by atoms with Gasteiger partial charge in [0.05, 0.1) is 36.1 Å². The van der Waals surface area contributed by atoms with Crippen LogP contribution in [-0.4, -0.2) is 80.2 Å². The zero-order valence-electron chi connectivity index (χ0n) is 21.5. The first-order chi connectivity index (χ1) is 17.3. The molecule has 1 aromatic rings. The summed E-state index contributed by atoms with van der Waals surface area (Å²) in [6, 6.07) is 8.30. The van der Waals surface area contributed by atoms with Gasteiger partial charge in [0.2, 0.25) is 0 Å². The largest absolute Gasteiger partial charge is 0.478 e. The fourth-order valence-corrected chi connectivity index (χ4v) is 8.68. The van der Waals surface area contributed by atoms with Crippen molar-refractivity contribution in [1.29, 1.82) is 0 Å². The summed E-state index contributed by atoms with van der Waals surface area (Å²) < 4.78 is 11.3. The number of esters is 1. The molecule has 1 saturated heterocycles. The molecule has 0 bridgehead atoms. The maximum absolute atomic E-state index is 11.9. The van der Waals surface area contributed by atoms with E-state index in [1.54, 1.807) is 37.3 Å². The first-order valence-corrected chi connectivity index (χ1v) is 12.8. The smallest absolute Gasteiger partial charge is 0.335 e. The van der Waals surface area contributed by atoms with E-state index in [-0.39, 0.29) is 18.4 Å². The van der Waals surface area contributed by atoms with Gasteiger partial charge in [0.25, 0.3) is 0 Å². The minimum Gasteiger partial charge on any atom is -0.478 e. The number of benzene rings is 1. The third kappa shape index (κ3) is 3.09. The molecule has 4 fully saturated rings. The van der Waals surface area contributed by atoms with Crippen LogP contribution in [0.25, 0.3) is 0 Å². The van der Waals surface area contributed by atoms with Gasteiger partial charge in [-0.05, 0) is 36.6 Å². The zero-order valence-corrected chi connectivity index (χ0v) is 21.5. The van der Waals surface area contributed by atoms with Crippen molar-refractivity contribution in [2.75, 3.05) is 6.61 Å². The summed E-state index contributed by atoms with van der Waals surface area (Å²) in [6.07, 6.45) is -2.95. The predicted molar refractivity (Wildman–Crippen MR) is 130 cm³/mol. The Hall–Kier alpha value is -2.30. The van der Waals surface area contributed by atoms with E-state index in [4.69, 9.17) is 14.6 Å². The Morgan fingerprint density at radius 1 is 1.11 bits per heavy atom. The zero-order chi connectivity index (χ0) is 27.1. The van der Waals surface area contributed by atoms with Gasteiger partial charge in [0, 0.05) is 41.9 Å². The van der Waals surface area contributed by atoms with Crippen LogP contribution in [0.4, 0.5) is 0 Å². The molecule has 1 unspecified atom stereocenters. The van der Waals surface area contributed by atoms with Gasteiger partial charge < -0.3 is 35.0 Å². The lowest BCUT2D eigenvalue weighted by Crippen LogP contribution is -2.89. The monoisotopic (exact) mass is 516 g/mol. The van der Waals surface area contributed by atoms with Crippen molar-refractivity contribution in [3.05, 3.63) is 47.0 Å². The molecule has 10 atom stereocenters. The normalized spacial score (nSPS) is 47.0. The second-order valence-electron chi connectivity index (χ2n) is 11.8. The molecule has 4 aliphatic carbocycles. The number of hydrogen-bond acceptors (Lipinski definition) is 8. The number of hydrogen-bond donors (Lipinski definition) is 5. The second-order valence-corrected chi connectivity index (χ2v) is 11.8. The van der Waals surface area contributed by atoms with Crippen molar-refractivity contribution >= 4 is 11.9 Å². The second kappa shape index (κ2) is 8.35. The third-order valence-electron chi connectivity index (χ3n) is 10.6. The van der Waals surface area contributed by atoms with Gasteiger partial charge in [-0.25, -0.2) is 4.79 Å². The van der Waals surface area contributed by atoms with Gasteiger partial charge in [-0.15, -0.1) is 0 Å². The first-order valence-electron chi connectivity index (χ1n) is 12.8. The number of rotatable bonds is 2. The van der Waals surface area contributed by atoms with Crippen LogP contribution in [0.2, 0.25) is 0 Å². The van der Waals surface area contributed by atoms with Crippen molar-refractivity contribution in [3.8, 4) is 0 Å². The summed E-state index contributed by atoms with van der Waals surface area (Å²) in [6.45, 7) is 7.44. The summed E-state index contributed by atoms with van der Waals surface area (Å²) >= 11 is 0. The summed E-state index contributed by atoms with van der Waals surface area (Å²) in [5.74, 6) is -1.32. The van der Waals surface area contributed by atoms with Gasteiger partial charge in [-0.1, -0.05) is 32.0 Å². The Labute approximate surface area is 215 Å². The first kappa shape index (κ1) is 26.3. The molecule has 3 saturated carbocycles. The fourth-order valence-electron chi connectivity index (χ4n) is 8.68. The molecule has 0 amide bonds. The molecular weight excluding hydrogens is 480 g/mol. The lowest BCUT2D eigenvalue weighted by molar-refractivity contribution is -0.419. The van der Waals surface area contributed by atoms with Crippen LogP contribution < -0.4 is 0 Å². The molecule has 37 heavy (non-hydrogen) atoms. The molecule has 202 valence electrons. The van der Waals surface area contributed by atoms with E-state index in [0.717, 1.165) is 0 Å².